The van der Waals surface area contributed by atoms with Gasteiger partial charge in [-0.05, 0) is 45.0 Å². The predicted molar refractivity (Wildman–Crippen MR) is 126 cm³/mol. The third-order valence-corrected chi connectivity index (χ3v) is 2.95. The van der Waals surface area contributed by atoms with Gasteiger partial charge in [0.25, 0.3) is 0 Å². The van der Waals surface area contributed by atoms with Gasteiger partial charge in [0.2, 0.25) is 0 Å². The Morgan fingerprint density at radius 3 is 2.68 bits per heavy atom. The quantitative estimate of drug-likeness (QED) is 0.163. The summed E-state index contributed by atoms with van der Waals surface area (Å²) in [6.07, 6.45) is 1.57. The summed E-state index contributed by atoms with van der Waals surface area (Å²) >= 11 is 7.39. The molecule has 0 amide bonds. The van der Waals surface area contributed by atoms with E-state index in [1.807, 2.05) is 32.2 Å². The van der Waals surface area contributed by atoms with Crippen LogP contribution in [0.2, 0.25) is 0 Å². The van der Waals surface area contributed by atoms with E-state index in [1.165, 1.54) is 0 Å². The number of rotatable bonds is 5. The van der Waals surface area contributed by atoms with Crippen LogP contribution in [0.3, 0.4) is 0 Å². The normalized spacial score (nSPS) is 10.8. The van der Waals surface area contributed by atoms with Crippen LogP contribution in [0, 0.1) is 18.8 Å². The third-order valence-electron chi connectivity index (χ3n) is 2.95. The molecule has 1 heterocycles. The number of hydrogen-bond donors (Lipinski definition) is 1. The number of benzene rings is 1. The molecule has 0 aliphatic rings. The Balaban J connectivity index is 0.000000705. The van der Waals surface area contributed by atoms with Crippen molar-refractivity contribution >= 4 is 76.6 Å². The van der Waals surface area contributed by atoms with Gasteiger partial charge in [0.15, 0.2) is 5.71 Å². The fraction of sp³-hybridized carbons (Fsp3) is 0.312. The number of likely N-dealkylation sites (N-methyl/N-ethyl adjacent to an activating group) is 1. The fourth-order valence-corrected chi connectivity index (χ4v) is 1.86. The number of hydrogen-bond acceptors (Lipinski definition) is 5. The van der Waals surface area contributed by atoms with Crippen molar-refractivity contribution in [3.8, 4) is 11.8 Å². The van der Waals surface area contributed by atoms with Crippen LogP contribution in [0.25, 0.3) is 10.9 Å². The fourth-order valence-electron chi connectivity index (χ4n) is 1.86. The monoisotopic (exact) mass is 714 g/mol. The number of fused-ring (bicyclic) bond motifs is 1. The van der Waals surface area contributed by atoms with Crippen LogP contribution in [-0.4, -0.2) is 35.9 Å². The van der Waals surface area contributed by atoms with Gasteiger partial charge in [-0.1, -0.05) is 11.1 Å². The summed E-state index contributed by atoms with van der Waals surface area (Å²) in [5, 5.41) is 8.11. The van der Waals surface area contributed by atoms with Crippen molar-refractivity contribution in [3.63, 3.8) is 0 Å². The van der Waals surface area contributed by atoms with Gasteiger partial charge in [0.1, 0.15) is 12.9 Å². The summed E-state index contributed by atoms with van der Waals surface area (Å²) in [7, 11) is 1.87. The van der Waals surface area contributed by atoms with E-state index < -0.39 is 0 Å². The van der Waals surface area contributed by atoms with E-state index in [0.717, 1.165) is 28.7 Å². The van der Waals surface area contributed by atoms with Crippen molar-refractivity contribution in [1.29, 1.82) is 0 Å². The third kappa shape index (κ3) is 9.19. The molecule has 0 saturated carbocycles. The zero-order valence-corrected chi connectivity index (χ0v) is 21.9. The first-order chi connectivity index (χ1) is 12.0. The molecule has 0 aliphatic carbocycles. The average Bonchev–Trinajstić information content (AvgIpc) is 2.57. The average molecular weight is 714 g/mol. The minimum atomic E-state index is -0.278. The predicted octanol–water partition coefficient (Wildman–Crippen LogP) is 4.56. The number of nitrogens with one attached hydrogen (secondary N) is 1. The first-order valence-corrected chi connectivity index (χ1v) is 20.8. The molecule has 1 N–H and O–H groups in total. The molecule has 5 nitrogen and oxygen atoms in total. The van der Waals surface area contributed by atoms with Crippen LogP contribution in [0.15, 0.2) is 29.7 Å². The van der Waals surface area contributed by atoms with E-state index in [1.54, 1.807) is 13.3 Å². The van der Waals surface area contributed by atoms with Crippen molar-refractivity contribution < 1.29 is 9.76 Å². The van der Waals surface area contributed by atoms with E-state index >= 15 is 0 Å². The molecular weight excluding hydrogens is 696 g/mol. The second kappa shape index (κ2) is 13.5. The van der Waals surface area contributed by atoms with Gasteiger partial charge in [-0.2, -0.15) is 0 Å². The molecule has 0 atom stereocenters. The maximum absolute atomic E-state index is 5.28. The second-order valence-electron chi connectivity index (χ2n) is 4.63. The van der Waals surface area contributed by atoms with Gasteiger partial charge in [-0.25, -0.2) is 9.97 Å². The Bertz CT molecular complexity index is 772. The van der Waals surface area contributed by atoms with Gasteiger partial charge in [0.05, 0.1) is 5.52 Å². The number of oxime groups is 1. The SMILES string of the molecule is CC#C/C(=N\OCCNC)c1ccc2ncnc(C)c2c1.[I][V]([I])[I]. The zero-order chi connectivity index (χ0) is 18.7. The molecule has 0 bridgehead atoms. The molecular formula is C16H18I3N4OV. The van der Waals surface area contributed by atoms with Crippen LogP contribution >= 0.6 is 59.9 Å². The molecule has 9 heteroatoms. The molecule has 2 rings (SSSR count). The Morgan fingerprint density at radius 1 is 1.32 bits per heavy atom. The second-order valence-corrected chi connectivity index (χ2v) is 40.0. The summed E-state index contributed by atoms with van der Waals surface area (Å²) in [5.74, 6) is 5.84. The van der Waals surface area contributed by atoms with E-state index in [0.29, 0.717) is 12.3 Å². The van der Waals surface area contributed by atoms with Gasteiger partial charge < -0.3 is 10.2 Å². The van der Waals surface area contributed by atoms with E-state index in [2.05, 4.69) is 92.2 Å². The van der Waals surface area contributed by atoms with Crippen LogP contribution in [0.1, 0.15) is 18.2 Å². The summed E-state index contributed by atoms with van der Waals surface area (Å²) in [5.41, 5.74) is 3.35. The standard InChI is InChI=1S/C16H18N4O.3HI.V/c1-4-5-15(20-21-9-8-17-3)13-6-7-16-14(10-13)12(2)18-11-19-16;;;;/h6-7,10-11,17H,8-9H2,1-3H3;3*1H;/q;;;;+3/p-3/b20-15+;;;;. The van der Waals surface area contributed by atoms with Gasteiger partial charge in [0, 0.05) is 23.2 Å². The molecule has 1 aromatic heterocycles. The van der Waals surface area contributed by atoms with Crippen LogP contribution in [0.4, 0.5) is 0 Å². The Hall–Kier alpha value is 0.324. The number of halogens is 3. The first kappa shape index (κ1) is 23.4. The van der Waals surface area contributed by atoms with Crippen LogP contribution in [0.5, 0.6) is 0 Å². The first-order valence-electron chi connectivity index (χ1n) is 7.26. The summed E-state index contributed by atoms with van der Waals surface area (Å²) < 4.78 is 0. The maximum atomic E-state index is 5.28. The van der Waals surface area contributed by atoms with Gasteiger partial charge in [-0.15, -0.1) is 0 Å². The van der Waals surface area contributed by atoms with E-state index in [-0.39, 0.29) is 4.92 Å². The number of aryl methyl sites for hydroxylation is 1. The van der Waals surface area contributed by atoms with Crippen molar-refractivity contribution in [2.24, 2.45) is 5.16 Å². The Labute approximate surface area is 186 Å². The van der Waals surface area contributed by atoms with Crippen LogP contribution < -0.4 is 5.32 Å². The van der Waals surface area contributed by atoms with Crippen LogP contribution in [-0.2, 0) is 9.76 Å². The molecule has 0 radical (unpaired) electrons. The molecule has 0 unspecified atom stereocenters. The Morgan fingerprint density at radius 2 is 2.04 bits per heavy atom. The molecule has 25 heavy (non-hydrogen) atoms. The van der Waals surface area contributed by atoms with Crippen molar-refractivity contribution in [3.05, 3.63) is 35.8 Å². The molecule has 2 aromatic rings. The molecule has 0 spiro atoms. The molecule has 0 aliphatic heterocycles. The Kier molecular flexibility index (Phi) is 12.6. The van der Waals surface area contributed by atoms with Gasteiger partial charge in [-0.3, -0.25) is 0 Å². The molecule has 0 saturated heterocycles. The van der Waals surface area contributed by atoms with E-state index in [4.69, 9.17) is 4.84 Å². The zero-order valence-electron chi connectivity index (χ0n) is 14.1. The summed E-state index contributed by atoms with van der Waals surface area (Å²) in [4.78, 5) is 13.5. The summed E-state index contributed by atoms with van der Waals surface area (Å²) in [6.45, 7) is 4.97. The summed E-state index contributed by atoms with van der Waals surface area (Å²) in [6, 6.07) is 5.88. The van der Waals surface area contributed by atoms with Gasteiger partial charge >= 0.3 is 64.9 Å². The number of nitrogens with zero attached hydrogens (tertiary/aromatic N) is 3. The molecule has 134 valence electrons. The minimum absolute atomic E-state index is 0.278. The van der Waals surface area contributed by atoms with Crippen molar-refractivity contribution in [2.45, 2.75) is 13.8 Å². The topological polar surface area (TPSA) is 59.4 Å². The van der Waals surface area contributed by atoms with Crippen molar-refractivity contribution in [1.82, 2.24) is 15.3 Å². The molecule has 0 fully saturated rings. The van der Waals surface area contributed by atoms with E-state index in [9.17, 15) is 0 Å². The molecule has 1 aromatic carbocycles. The van der Waals surface area contributed by atoms with Crippen molar-refractivity contribution in [2.75, 3.05) is 20.2 Å². The number of aromatic nitrogens is 2.